The van der Waals surface area contributed by atoms with Crippen molar-refractivity contribution in [1.29, 1.82) is 0 Å². The van der Waals surface area contributed by atoms with E-state index in [-0.39, 0.29) is 0 Å². The largest absolute Gasteiger partial charge is 0.368 e. The molecule has 82 valence electrons. The van der Waals surface area contributed by atoms with Gasteiger partial charge in [0.05, 0.1) is 5.69 Å². The standard InChI is InChI=1S/C12H14N4/c1-8-5-11(16-12(14)15-8)10-4-2-3-9(6-10)7-13/h2-6H,7,13H2,1H3,(H2,14,15,16). The lowest BCUT2D eigenvalue weighted by Gasteiger charge is -2.05. The van der Waals surface area contributed by atoms with Crippen LogP contribution >= 0.6 is 0 Å². The molecule has 1 aromatic heterocycles. The highest BCUT2D eigenvalue weighted by Crippen LogP contribution is 2.19. The van der Waals surface area contributed by atoms with Crippen LogP contribution in [0.2, 0.25) is 0 Å². The molecule has 0 unspecified atom stereocenters. The maximum Gasteiger partial charge on any atom is 0.220 e. The third kappa shape index (κ3) is 2.17. The summed E-state index contributed by atoms with van der Waals surface area (Å²) in [4.78, 5) is 8.25. The molecule has 0 saturated heterocycles. The van der Waals surface area contributed by atoms with Gasteiger partial charge in [0.15, 0.2) is 0 Å². The molecule has 0 radical (unpaired) electrons. The van der Waals surface area contributed by atoms with Gasteiger partial charge in [-0.3, -0.25) is 0 Å². The van der Waals surface area contributed by atoms with E-state index in [9.17, 15) is 0 Å². The number of hydrogen-bond donors (Lipinski definition) is 2. The van der Waals surface area contributed by atoms with Crippen molar-refractivity contribution >= 4 is 5.95 Å². The monoisotopic (exact) mass is 214 g/mol. The molecule has 1 heterocycles. The summed E-state index contributed by atoms with van der Waals surface area (Å²) in [5.74, 6) is 0.299. The topological polar surface area (TPSA) is 77.8 Å². The average Bonchev–Trinajstić information content (AvgIpc) is 2.28. The molecule has 4 nitrogen and oxygen atoms in total. The Morgan fingerprint density at radius 3 is 2.69 bits per heavy atom. The summed E-state index contributed by atoms with van der Waals surface area (Å²) in [7, 11) is 0. The van der Waals surface area contributed by atoms with Crippen LogP contribution in [0, 0.1) is 6.92 Å². The zero-order chi connectivity index (χ0) is 11.5. The summed E-state index contributed by atoms with van der Waals surface area (Å²) < 4.78 is 0. The third-order valence-electron chi connectivity index (χ3n) is 2.33. The lowest BCUT2D eigenvalue weighted by atomic mass is 10.1. The number of hydrogen-bond acceptors (Lipinski definition) is 4. The molecule has 0 amide bonds. The van der Waals surface area contributed by atoms with E-state index in [1.807, 2.05) is 37.3 Å². The Morgan fingerprint density at radius 1 is 1.19 bits per heavy atom. The second-order valence-corrected chi connectivity index (χ2v) is 3.66. The van der Waals surface area contributed by atoms with Crippen LogP contribution in [0.1, 0.15) is 11.3 Å². The molecule has 4 N–H and O–H groups in total. The average molecular weight is 214 g/mol. The lowest BCUT2D eigenvalue weighted by Crippen LogP contribution is -1.99. The number of benzene rings is 1. The zero-order valence-corrected chi connectivity index (χ0v) is 9.14. The van der Waals surface area contributed by atoms with Crippen LogP contribution in [0.4, 0.5) is 5.95 Å². The summed E-state index contributed by atoms with van der Waals surface area (Å²) in [6.45, 7) is 2.42. The minimum absolute atomic E-state index is 0.299. The molecule has 2 aromatic rings. The molecule has 0 saturated carbocycles. The first-order valence-corrected chi connectivity index (χ1v) is 5.09. The number of nitrogens with two attached hydrogens (primary N) is 2. The zero-order valence-electron chi connectivity index (χ0n) is 9.14. The van der Waals surface area contributed by atoms with Gasteiger partial charge in [0, 0.05) is 17.8 Å². The molecule has 0 aliphatic rings. The van der Waals surface area contributed by atoms with Gasteiger partial charge in [-0.1, -0.05) is 18.2 Å². The van der Waals surface area contributed by atoms with Crippen LogP contribution in [0.25, 0.3) is 11.3 Å². The SMILES string of the molecule is Cc1cc(-c2cccc(CN)c2)nc(N)n1. The van der Waals surface area contributed by atoms with Gasteiger partial charge >= 0.3 is 0 Å². The van der Waals surface area contributed by atoms with E-state index in [4.69, 9.17) is 11.5 Å². The molecule has 0 spiro atoms. The predicted octanol–water partition coefficient (Wildman–Crippen LogP) is 1.49. The van der Waals surface area contributed by atoms with Crippen molar-refractivity contribution in [2.75, 3.05) is 5.73 Å². The van der Waals surface area contributed by atoms with Gasteiger partial charge in [0.2, 0.25) is 5.95 Å². The van der Waals surface area contributed by atoms with Gasteiger partial charge in [-0.15, -0.1) is 0 Å². The molecule has 2 rings (SSSR count). The van der Waals surface area contributed by atoms with Gasteiger partial charge in [0.1, 0.15) is 0 Å². The maximum absolute atomic E-state index is 5.62. The smallest absolute Gasteiger partial charge is 0.220 e. The fraction of sp³-hybridized carbons (Fsp3) is 0.167. The fourth-order valence-corrected chi connectivity index (χ4v) is 1.60. The number of nitrogen functional groups attached to an aromatic ring is 1. The van der Waals surface area contributed by atoms with E-state index >= 15 is 0 Å². The van der Waals surface area contributed by atoms with E-state index < -0.39 is 0 Å². The van der Waals surface area contributed by atoms with Crippen LogP contribution in [-0.2, 0) is 6.54 Å². The lowest BCUT2D eigenvalue weighted by molar-refractivity contribution is 1.07. The molecular weight excluding hydrogens is 200 g/mol. The molecule has 0 atom stereocenters. The van der Waals surface area contributed by atoms with E-state index in [0.29, 0.717) is 12.5 Å². The van der Waals surface area contributed by atoms with Gasteiger partial charge in [-0.2, -0.15) is 0 Å². The highest BCUT2D eigenvalue weighted by Gasteiger charge is 2.03. The van der Waals surface area contributed by atoms with Gasteiger partial charge < -0.3 is 11.5 Å². The molecule has 16 heavy (non-hydrogen) atoms. The highest BCUT2D eigenvalue weighted by atomic mass is 15.0. The first-order valence-electron chi connectivity index (χ1n) is 5.09. The third-order valence-corrected chi connectivity index (χ3v) is 2.33. The Bertz CT molecular complexity index is 488. The molecule has 0 aliphatic carbocycles. The molecule has 0 bridgehead atoms. The van der Waals surface area contributed by atoms with Gasteiger partial charge in [0.25, 0.3) is 0 Å². The second-order valence-electron chi connectivity index (χ2n) is 3.66. The normalized spacial score (nSPS) is 10.4. The number of nitrogens with zero attached hydrogens (tertiary/aromatic N) is 2. The summed E-state index contributed by atoms with van der Waals surface area (Å²) in [5, 5.41) is 0. The first-order chi connectivity index (χ1) is 7.69. The van der Waals surface area contributed by atoms with Crippen LogP contribution in [0.5, 0.6) is 0 Å². The van der Waals surface area contributed by atoms with Crippen molar-refractivity contribution in [3.05, 3.63) is 41.6 Å². The number of rotatable bonds is 2. The Labute approximate surface area is 94.3 Å². The van der Waals surface area contributed by atoms with Crippen LogP contribution in [0.15, 0.2) is 30.3 Å². The number of aryl methyl sites for hydroxylation is 1. The van der Waals surface area contributed by atoms with Crippen LogP contribution < -0.4 is 11.5 Å². The van der Waals surface area contributed by atoms with E-state index in [1.165, 1.54) is 0 Å². The highest BCUT2D eigenvalue weighted by molar-refractivity contribution is 5.61. The van der Waals surface area contributed by atoms with Gasteiger partial charge in [-0.25, -0.2) is 9.97 Å². The van der Waals surface area contributed by atoms with Gasteiger partial charge in [-0.05, 0) is 24.6 Å². The number of aromatic nitrogens is 2. The summed E-state index contributed by atoms with van der Waals surface area (Å²) in [6.07, 6.45) is 0. The molecule has 0 fully saturated rings. The maximum atomic E-state index is 5.62. The minimum atomic E-state index is 0.299. The molecule has 1 aromatic carbocycles. The van der Waals surface area contributed by atoms with Crippen LogP contribution in [0.3, 0.4) is 0 Å². The number of anilines is 1. The summed E-state index contributed by atoms with van der Waals surface area (Å²) in [5.41, 5.74) is 15.0. The Balaban J connectivity index is 2.49. The second kappa shape index (κ2) is 4.28. The van der Waals surface area contributed by atoms with E-state index in [1.54, 1.807) is 0 Å². The van der Waals surface area contributed by atoms with Crippen molar-refractivity contribution < 1.29 is 0 Å². The minimum Gasteiger partial charge on any atom is -0.368 e. The summed E-state index contributed by atoms with van der Waals surface area (Å²) >= 11 is 0. The molecule has 4 heteroatoms. The predicted molar refractivity (Wildman–Crippen MR) is 64.5 cm³/mol. The fourth-order valence-electron chi connectivity index (χ4n) is 1.60. The summed E-state index contributed by atoms with van der Waals surface area (Å²) in [6, 6.07) is 9.86. The Hall–Kier alpha value is -1.94. The van der Waals surface area contributed by atoms with Crippen molar-refractivity contribution in [1.82, 2.24) is 9.97 Å². The molecule has 0 aliphatic heterocycles. The van der Waals surface area contributed by atoms with Crippen molar-refractivity contribution in [3.8, 4) is 11.3 Å². The van der Waals surface area contributed by atoms with Crippen molar-refractivity contribution in [3.63, 3.8) is 0 Å². The van der Waals surface area contributed by atoms with Crippen molar-refractivity contribution in [2.45, 2.75) is 13.5 Å². The van der Waals surface area contributed by atoms with Crippen LogP contribution in [-0.4, -0.2) is 9.97 Å². The Kier molecular flexibility index (Phi) is 2.83. The Morgan fingerprint density at radius 2 is 2.00 bits per heavy atom. The van der Waals surface area contributed by atoms with Crippen molar-refractivity contribution in [2.24, 2.45) is 5.73 Å². The van der Waals surface area contributed by atoms with E-state index in [2.05, 4.69) is 9.97 Å². The first kappa shape index (κ1) is 10.6. The van der Waals surface area contributed by atoms with E-state index in [0.717, 1.165) is 22.5 Å². The molecular formula is C12H14N4. The quantitative estimate of drug-likeness (QED) is 0.794.